The predicted octanol–water partition coefficient (Wildman–Crippen LogP) is 16.4. The maximum absolute atomic E-state index is 6.54. The summed E-state index contributed by atoms with van der Waals surface area (Å²) in [6.45, 7) is 0. The highest BCUT2D eigenvalue weighted by Crippen LogP contribution is 2.64. The van der Waals surface area contributed by atoms with Gasteiger partial charge in [0.25, 0.3) is 0 Å². The van der Waals surface area contributed by atoms with E-state index in [2.05, 4.69) is 241 Å². The summed E-state index contributed by atoms with van der Waals surface area (Å²) in [4.78, 5) is 2.46. The maximum Gasteiger partial charge on any atom is 0.143 e. The molecule has 0 amide bonds. The molecule has 0 saturated carbocycles. The van der Waals surface area contributed by atoms with Gasteiger partial charge >= 0.3 is 0 Å². The molecule has 0 N–H and O–H groups in total. The zero-order valence-corrected chi connectivity index (χ0v) is 34.4. The monoisotopic (exact) mass is 801 g/mol. The molecule has 13 rings (SSSR count). The van der Waals surface area contributed by atoms with Crippen molar-refractivity contribution in [2.45, 2.75) is 5.41 Å². The van der Waals surface area contributed by atoms with Crippen LogP contribution in [0.1, 0.15) is 22.3 Å². The van der Waals surface area contributed by atoms with Crippen molar-refractivity contribution in [1.29, 1.82) is 0 Å². The lowest BCUT2D eigenvalue weighted by atomic mass is 9.70. The number of anilines is 3. The third-order valence-electron chi connectivity index (χ3n) is 13.5. The Labute approximate surface area is 366 Å². The van der Waals surface area contributed by atoms with Crippen molar-refractivity contribution in [2.24, 2.45) is 0 Å². The van der Waals surface area contributed by atoms with Crippen molar-refractivity contribution in [3.63, 3.8) is 0 Å². The molecule has 1 heterocycles. The Morgan fingerprint density at radius 1 is 0.317 bits per heavy atom. The SMILES string of the molecule is c1ccc(-c2ccc(N(c3ccc(-c4ccc5oc6c(-c7ccccc7)cccc6c5c4)cc3)c3cccc4c3-c3ccccc3C43c4ccccc4-c4ccccc43)cc2)cc1. The van der Waals surface area contributed by atoms with Crippen molar-refractivity contribution >= 4 is 39.0 Å². The summed E-state index contributed by atoms with van der Waals surface area (Å²) in [5.74, 6) is 0. The summed E-state index contributed by atoms with van der Waals surface area (Å²) in [6.07, 6.45) is 0. The normalized spacial score (nSPS) is 12.9. The van der Waals surface area contributed by atoms with Gasteiger partial charge in [-0.15, -0.1) is 0 Å². The van der Waals surface area contributed by atoms with E-state index < -0.39 is 5.41 Å². The molecule has 2 aliphatic rings. The van der Waals surface area contributed by atoms with Gasteiger partial charge in [-0.2, -0.15) is 0 Å². The highest BCUT2D eigenvalue weighted by Gasteiger charge is 2.52. The number of hydrogen-bond acceptors (Lipinski definition) is 2. The molecular formula is C61H39NO. The minimum absolute atomic E-state index is 0.431. The van der Waals surface area contributed by atoms with Crippen LogP contribution in [0.15, 0.2) is 241 Å². The average Bonchev–Trinajstić information content (AvgIpc) is 3.99. The van der Waals surface area contributed by atoms with E-state index in [1.165, 1.54) is 55.6 Å². The van der Waals surface area contributed by atoms with E-state index in [0.29, 0.717) is 0 Å². The standard InChI is InChI=1S/C61H39NO/c1-3-15-40(16-4-1)41-29-34-45(35-30-41)62(46-36-31-42(32-37-46)44-33-38-58-52(39-44)50-23-13-22-47(60(50)63-58)43-17-5-2-6-18-43)57-28-14-27-56-59(57)51-21-9-12-26-55(51)61(56)53-24-10-7-19-48(53)49-20-8-11-25-54(49)61/h1-39H. The van der Waals surface area contributed by atoms with Gasteiger partial charge in [-0.05, 0) is 109 Å². The summed E-state index contributed by atoms with van der Waals surface area (Å²) in [5, 5.41) is 2.24. The van der Waals surface area contributed by atoms with E-state index in [1.807, 2.05) is 0 Å². The fourth-order valence-electron chi connectivity index (χ4n) is 10.8. The smallest absolute Gasteiger partial charge is 0.143 e. The van der Waals surface area contributed by atoms with Gasteiger partial charge in [0.2, 0.25) is 0 Å². The Morgan fingerprint density at radius 2 is 0.794 bits per heavy atom. The minimum Gasteiger partial charge on any atom is -0.455 e. The van der Waals surface area contributed by atoms with Crippen LogP contribution in [0, 0.1) is 0 Å². The Balaban J connectivity index is 0.977. The van der Waals surface area contributed by atoms with E-state index in [-0.39, 0.29) is 0 Å². The van der Waals surface area contributed by atoms with Gasteiger partial charge in [-0.25, -0.2) is 0 Å². The zero-order chi connectivity index (χ0) is 41.5. The van der Waals surface area contributed by atoms with Crippen molar-refractivity contribution in [1.82, 2.24) is 0 Å². The molecular weight excluding hydrogens is 763 g/mol. The predicted molar refractivity (Wildman–Crippen MR) is 261 cm³/mol. The van der Waals surface area contributed by atoms with Gasteiger partial charge in [0, 0.05) is 33.3 Å². The lowest BCUT2D eigenvalue weighted by molar-refractivity contribution is 0.670. The number of hydrogen-bond donors (Lipinski definition) is 0. The molecule has 0 radical (unpaired) electrons. The Hall–Kier alpha value is -8.20. The van der Waals surface area contributed by atoms with Gasteiger partial charge in [0.15, 0.2) is 0 Å². The van der Waals surface area contributed by atoms with Crippen LogP contribution in [0.3, 0.4) is 0 Å². The molecule has 2 heteroatoms. The molecule has 2 aliphatic carbocycles. The molecule has 0 aliphatic heterocycles. The van der Waals surface area contributed by atoms with Gasteiger partial charge in [0.1, 0.15) is 11.2 Å². The summed E-state index contributed by atoms with van der Waals surface area (Å²) in [6, 6.07) is 86.4. The molecule has 0 fully saturated rings. The third-order valence-corrected chi connectivity index (χ3v) is 13.5. The Morgan fingerprint density at radius 3 is 1.44 bits per heavy atom. The van der Waals surface area contributed by atoms with E-state index in [0.717, 1.165) is 61.3 Å². The molecule has 10 aromatic carbocycles. The molecule has 1 spiro atoms. The highest BCUT2D eigenvalue weighted by molar-refractivity contribution is 6.10. The van der Waals surface area contributed by atoms with Crippen LogP contribution < -0.4 is 4.90 Å². The van der Waals surface area contributed by atoms with Gasteiger partial charge in [-0.1, -0.05) is 194 Å². The molecule has 0 bridgehead atoms. The van der Waals surface area contributed by atoms with Crippen LogP contribution in [0.2, 0.25) is 0 Å². The second kappa shape index (κ2) is 13.9. The minimum atomic E-state index is -0.431. The number of fused-ring (bicyclic) bond motifs is 13. The number of benzene rings is 10. The number of rotatable bonds is 6. The van der Waals surface area contributed by atoms with Crippen LogP contribution in [0.4, 0.5) is 17.1 Å². The first-order chi connectivity index (χ1) is 31.3. The first kappa shape index (κ1) is 35.5. The fraction of sp³-hybridized carbons (Fsp3) is 0.0164. The quantitative estimate of drug-likeness (QED) is 0.167. The first-order valence-electron chi connectivity index (χ1n) is 21.8. The van der Waals surface area contributed by atoms with E-state index in [1.54, 1.807) is 0 Å². The molecule has 0 unspecified atom stereocenters. The molecule has 2 nitrogen and oxygen atoms in total. The Kier molecular flexibility index (Phi) is 7.85. The van der Waals surface area contributed by atoms with Crippen LogP contribution in [0.5, 0.6) is 0 Å². The lowest BCUT2D eigenvalue weighted by Crippen LogP contribution is -2.26. The molecule has 11 aromatic rings. The topological polar surface area (TPSA) is 16.4 Å². The van der Waals surface area contributed by atoms with Crippen molar-refractivity contribution in [3.8, 4) is 55.6 Å². The van der Waals surface area contributed by atoms with E-state index in [9.17, 15) is 0 Å². The first-order valence-corrected chi connectivity index (χ1v) is 21.8. The summed E-state index contributed by atoms with van der Waals surface area (Å²) in [5.41, 5.74) is 22.2. The fourth-order valence-corrected chi connectivity index (χ4v) is 10.8. The highest BCUT2D eigenvalue weighted by atomic mass is 16.3. The number of furan rings is 1. The lowest BCUT2D eigenvalue weighted by Gasteiger charge is -2.32. The van der Waals surface area contributed by atoms with Crippen molar-refractivity contribution in [2.75, 3.05) is 4.90 Å². The van der Waals surface area contributed by atoms with Gasteiger partial charge < -0.3 is 9.32 Å². The average molecular weight is 802 g/mol. The number of nitrogens with zero attached hydrogens (tertiary/aromatic N) is 1. The van der Waals surface area contributed by atoms with E-state index >= 15 is 0 Å². The van der Waals surface area contributed by atoms with Gasteiger partial charge in [-0.3, -0.25) is 0 Å². The van der Waals surface area contributed by atoms with Crippen molar-refractivity contribution in [3.05, 3.63) is 259 Å². The van der Waals surface area contributed by atoms with Crippen LogP contribution in [-0.2, 0) is 5.41 Å². The maximum atomic E-state index is 6.54. The second-order valence-electron chi connectivity index (χ2n) is 16.7. The summed E-state index contributed by atoms with van der Waals surface area (Å²) < 4.78 is 6.54. The molecule has 294 valence electrons. The van der Waals surface area contributed by atoms with Crippen LogP contribution >= 0.6 is 0 Å². The largest absolute Gasteiger partial charge is 0.455 e. The number of para-hydroxylation sites is 1. The van der Waals surface area contributed by atoms with Crippen LogP contribution in [-0.4, -0.2) is 0 Å². The Bertz CT molecular complexity index is 3500. The summed E-state index contributed by atoms with van der Waals surface area (Å²) >= 11 is 0. The molecule has 1 aromatic heterocycles. The van der Waals surface area contributed by atoms with Crippen LogP contribution in [0.25, 0.3) is 77.6 Å². The molecule has 63 heavy (non-hydrogen) atoms. The third kappa shape index (κ3) is 5.25. The van der Waals surface area contributed by atoms with Gasteiger partial charge in [0.05, 0.1) is 11.1 Å². The van der Waals surface area contributed by atoms with E-state index in [4.69, 9.17) is 4.42 Å². The molecule has 0 atom stereocenters. The zero-order valence-electron chi connectivity index (χ0n) is 34.4. The molecule has 0 saturated heterocycles. The summed E-state index contributed by atoms with van der Waals surface area (Å²) in [7, 11) is 0. The van der Waals surface area contributed by atoms with Crippen molar-refractivity contribution < 1.29 is 4.42 Å². The second-order valence-corrected chi connectivity index (χ2v) is 16.7.